The number of rotatable bonds is 6. The van der Waals surface area contributed by atoms with Gasteiger partial charge in [-0.1, -0.05) is 30.3 Å². The molecule has 0 saturated carbocycles. The van der Waals surface area contributed by atoms with Crippen LogP contribution in [0.3, 0.4) is 0 Å². The summed E-state index contributed by atoms with van der Waals surface area (Å²) in [6.45, 7) is 0.309. The first-order chi connectivity index (χ1) is 14.1. The predicted octanol–water partition coefficient (Wildman–Crippen LogP) is 5.45. The fraction of sp³-hybridized carbons (Fsp3) is 0.0952. The number of halogens is 3. The third-order valence-electron chi connectivity index (χ3n) is 4.05. The van der Waals surface area contributed by atoms with Gasteiger partial charge in [0.25, 0.3) is 5.89 Å². The molecule has 0 N–H and O–H groups in total. The number of ether oxygens (including phenoxy) is 1. The maximum Gasteiger partial charge on any atom is 0.314 e. The molecule has 2 aromatic heterocycles. The van der Waals surface area contributed by atoms with Gasteiger partial charge in [0.2, 0.25) is 5.89 Å². The Morgan fingerprint density at radius 1 is 0.931 bits per heavy atom. The number of hydrogen-bond acceptors (Lipinski definition) is 5. The fourth-order valence-corrected chi connectivity index (χ4v) is 2.75. The summed E-state index contributed by atoms with van der Waals surface area (Å²) in [7, 11) is 0. The molecule has 0 saturated heterocycles. The summed E-state index contributed by atoms with van der Waals surface area (Å²) in [6.07, 6.45) is -1.35. The van der Waals surface area contributed by atoms with Gasteiger partial charge >= 0.3 is 6.43 Å². The monoisotopic (exact) mass is 397 g/mol. The predicted molar refractivity (Wildman–Crippen MR) is 98.7 cm³/mol. The number of alkyl halides is 2. The minimum atomic E-state index is -2.90. The molecule has 4 rings (SSSR count). The van der Waals surface area contributed by atoms with Crippen molar-refractivity contribution in [2.24, 2.45) is 0 Å². The molecule has 146 valence electrons. The van der Waals surface area contributed by atoms with Crippen molar-refractivity contribution in [3.63, 3.8) is 0 Å². The molecule has 0 amide bonds. The Morgan fingerprint density at radius 3 is 2.48 bits per heavy atom. The highest BCUT2D eigenvalue weighted by Crippen LogP contribution is 2.32. The van der Waals surface area contributed by atoms with E-state index in [9.17, 15) is 13.2 Å². The molecule has 0 fully saturated rings. The lowest BCUT2D eigenvalue weighted by molar-refractivity contribution is 0.116. The van der Waals surface area contributed by atoms with Crippen LogP contribution in [-0.4, -0.2) is 15.2 Å². The van der Waals surface area contributed by atoms with Gasteiger partial charge in [0.05, 0.1) is 0 Å². The summed E-state index contributed by atoms with van der Waals surface area (Å²) in [6, 6.07) is 16.9. The Labute approximate surface area is 163 Å². The van der Waals surface area contributed by atoms with Crippen LogP contribution < -0.4 is 4.74 Å². The summed E-state index contributed by atoms with van der Waals surface area (Å²) in [5, 5.41) is 6.84. The molecule has 4 aromatic rings. The zero-order valence-electron chi connectivity index (χ0n) is 14.9. The van der Waals surface area contributed by atoms with Crippen molar-refractivity contribution in [3.05, 3.63) is 84.1 Å². The van der Waals surface area contributed by atoms with Crippen molar-refractivity contribution < 1.29 is 22.3 Å². The fourth-order valence-electron chi connectivity index (χ4n) is 2.75. The van der Waals surface area contributed by atoms with E-state index in [2.05, 4.69) is 15.2 Å². The highest BCUT2D eigenvalue weighted by atomic mass is 19.3. The van der Waals surface area contributed by atoms with E-state index >= 15 is 0 Å². The third-order valence-corrected chi connectivity index (χ3v) is 4.05. The van der Waals surface area contributed by atoms with Gasteiger partial charge in [0.15, 0.2) is 0 Å². The average molecular weight is 397 g/mol. The van der Waals surface area contributed by atoms with Crippen LogP contribution in [-0.2, 0) is 6.61 Å². The molecule has 0 radical (unpaired) electrons. The zero-order valence-corrected chi connectivity index (χ0v) is 14.9. The second kappa shape index (κ2) is 8.14. The zero-order chi connectivity index (χ0) is 20.2. The van der Waals surface area contributed by atoms with Crippen molar-refractivity contribution in [2.75, 3.05) is 0 Å². The van der Waals surface area contributed by atoms with Crippen molar-refractivity contribution in [1.82, 2.24) is 15.2 Å². The van der Waals surface area contributed by atoms with Gasteiger partial charge in [-0.3, -0.25) is 4.98 Å². The topological polar surface area (TPSA) is 61.0 Å². The molecule has 0 bridgehead atoms. The number of hydrogen-bond donors (Lipinski definition) is 0. The van der Waals surface area contributed by atoms with Crippen LogP contribution in [0.25, 0.3) is 22.7 Å². The van der Waals surface area contributed by atoms with Crippen molar-refractivity contribution in [2.45, 2.75) is 13.0 Å². The smallest absolute Gasteiger partial charge is 0.314 e. The van der Waals surface area contributed by atoms with Crippen molar-refractivity contribution in [3.8, 4) is 28.5 Å². The first kappa shape index (κ1) is 18.7. The minimum absolute atomic E-state index is 0.166. The van der Waals surface area contributed by atoms with Gasteiger partial charge in [0.1, 0.15) is 23.9 Å². The Balaban J connectivity index is 1.67. The van der Waals surface area contributed by atoms with Crippen molar-refractivity contribution in [1.29, 1.82) is 0 Å². The van der Waals surface area contributed by atoms with Crippen LogP contribution >= 0.6 is 0 Å². The molecular formula is C21H14F3N3O2. The first-order valence-electron chi connectivity index (χ1n) is 8.65. The molecule has 0 unspecified atom stereocenters. The molecule has 0 aliphatic heterocycles. The Hall–Kier alpha value is -3.68. The van der Waals surface area contributed by atoms with Crippen LogP contribution in [0.4, 0.5) is 13.2 Å². The van der Waals surface area contributed by atoms with Crippen LogP contribution in [0.2, 0.25) is 0 Å². The van der Waals surface area contributed by atoms with Crippen LogP contribution in [0.1, 0.15) is 17.9 Å². The number of benzene rings is 2. The Kier molecular flexibility index (Phi) is 5.24. The normalized spacial score (nSPS) is 11.0. The van der Waals surface area contributed by atoms with E-state index in [1.54, 1.807) is 18.3 Å². The maximum atomic E-state index is 14.2. The second-order valence-corrected chi connectivity index (χ2v) is 6.10. The molecule has 5 nitrogen and oxygen atoms in total. The van der Waals surface area contributed by atoms with Gasteiger partial charge < -0.3 is 9.15 Å². The Bertz CT molecular complexity index is 1120. The number of aromatic nitrogens is 3. The number of nitrogens with zero attached hydrogens (tertiary/aromatic N) is 3. The maximum absolute atomic E-state index is 14.2. The van der Waals surface area contributed by atoms with E-state index in [-0.39, 0.29) is 11.5 Å². The van der Waals surface area contributed by atoms with Gasteiger partial charge in [0, 0.05) is 17.3 Å². The van der Waals surface area contributed by atoms with Crippen molar-refractivity contribution >= 4 is 0 Å². The van der Waals surface area contributed by atoms with Crippen LogP contribution in [0.15, 0.2) is 71.3 Å². The second-order valence-electron chi connectivity index (χ2n) is 6.10. The summed E-state index contributed by atoms with van der Waals surface area (Å²) in [4.78, 5) is 4.29. The van der Waals surface area contributed by atoms with Crippen LogP contribution in [0, 0.1) is 5.82 Å². The average Bonchev–Trinajstić information content (AvgIpc) is 3.24. The summed E-state index contributed by atoms with van der Waals surface area (Å²) < 4.78 is 50.4. The third kappa shape index (κ3) is 4.26. The highest BCUT2D eigenvalue weighted by molar-refractivity contribution is 5.71. The molecule has 2 aromatic carbocycles. The SMILES string of the molecule is Fc1cc(-c2nnc(C(F)F)o2)cc(-c2ncccc2OCc2ccccc2)c1. The largest absolute Gasteiger partial charge is 0.487 e. The Morgan fingerprint density at radius 2 is 1.72 bits per heavy atom. The minimum Gasteiger partial charge on any atom is -0.487 e. The van der Waals surface area contributed by atoms with E-state index < -0.39 is 18.1 Å². The van der Waals surface area contributed by atoms with E-state index in [1.165, 1.54) is 12.1 Å². The van der Waals surface area contributed by atoms with E-state index in [0.717, 1.165) is 11.6 Å². The molecule has 0 aliphatic rings. The summed E-state index contributed by atoms with van der Waals surface area (Å²) in [5.41, 5.74) is 1.92. The number of pyridine rings is 1. The lowest BCUT2D eigenvalue weighted by atomic mass is 10.1. The summed E-state index contributed by atoms with van der Waals surface area (Å²) >= 11 is 0. The highest BCUT2D eigenvalue weighted by Gasteiger charge is 2.19. The van der Waals surface area contributed by atoms with E-state index in [1.807, 2.05) is 30.3 Å². The van der Waals surface area contributed by atoms with Gasteiger partial charge in [-0.15, -0.1) is 10.2 Å². The molecular weight excluding hydrogens is 383 g/mol. The summed E-state index contributed by atoms with van der Waals surface area (Å²) in [5.74, 6) is -1.18. The quantitative estimate of drug-likeness (QED) is 0.433. The first-order valence-corrected chi connectivity index (χ1v) is 8.65. The van der Waals surface area contributed by atoms with E-state index in [0.29, 0.717) is 23.6 Å². The van der Waals surface area contributed by atoms with E-state index in [4.69, 9.17) is 9.15 Å². The lowest BCUT2D eigenvalue weighted by Crippen LogP contribution is -1.98. The van der Waals surface area contributed by atoms with Crippen LogP contribution in [0.5, 0.6) is 5.75 Å². The molecule has 0 aliphatic carbocycles. The van der Waals surface area contributed by atoms with Gasteiger partial charge in [-0.2, -0.15) is 8.78 Å². The molecule has 8 heteroatoms. The molecule has 29 heavy (non-hydrogen) atoms. The van der Waals surface area contributed by atoms with Gasteiger partial charge in [-0.05, 0) is 35.9 Å². The van der Waals surface area contributed by atoms with Gasteiger partial charge in [-0.25, -0.2) is 4.39 Å². The molecule has 0 atom stereocenters. The lowest BCUT2D eigenvalue weighted by Gasteiger charge is -2.11. The standard InChI is InChI=1S/C21H14F3N3O2/c22-16-10-14(9-15(11-16)20-26-27-21(29-20)19(23)24)18-17(7-4-8-25-18)28-12-13-5-2-1-3-6-13/h1-11,19H,12H2. The molecule has 2 heterocycles. The molecule has 0 spiro atoms.